The first-order valence-corrected chi connectivity index (χ1v) is 6.82. The van der Waals surface area contributed by atoms with Gasteiger partial charge >= 0.3 is 5.97 Å². The van der Waals surface area contributed by atoms with Gasteiger partial charge in [-0.05, 0) is 36.8 Å². The fourth-order valence-corrected chi connectivity index (χ4v) is 1.88. The Morgan fingerprint density at radius 2 is 1.95 bits per heavy atom. The number of esters is 1. The van der Waals surface area contributed by atoms with Crippen molar-refractivity contribution in [3.05, 3.63) is 59.7 Å². The summed E-state index contributed by atoms with van der Waals surface area (Å²) >= 11 is 0. The Morgan fingerprint density at radius 3 is 2.55 bits per heavy atom. The highest BCUT2D eigenvalue weighted by Crippen LogP contribution is 2.06. The summed E-state index contributed by atoms with van der Waals surface area (Å²) in [5.41, 5.74) is 1.13. The van der Waals surface area contributed by atoms with Gasteiger partial charge in [-0.1, -0.05) is 12.1 Å². The third kappa shape index (κ3) is 3.94. The Labute approximate surface area is 127 Å². The average molecular weight is 304 g/mol. The number of hydrogen-bond donors (Lipinski definition) is 1. The topological polar surface area (TPSA) is 60.3 Å². The van der Waals surface area contributed by atoms with Crippen molar-refractivity contribution in [3.8, 4) is 0 Å². The molecule has 0 aliphatic rings. The molecular formula is C16H17FN2O3. The second kappa shape index (κ2) is 6.89. The number of carbonyl (C=O) groups is 2. The summed E-state index contributed by atoms with van der Waals surface area (Å²) in [5.74, 6) is -1.30. The molecule has 1 atom stereocenters. The number of carbonyl (C=O) groups excluding carboxylic acids is 2. The van der Waals surface area contributed by atoms with Crippen LogP contribution in [0.5, 0.6) is 0 Å². The molecule has 1 aromatic carbocycles. The number of nitrogens with one attached hydrogen (secondary N) is 1. The molecule has 0 radical (unpaired) electrons. The fourth-order valence-electron chi connectivity index (χ4n) is 1.88. The van der Waals surface area contributed by atoms with E-state index in [1.165, 1.54) is 19.1 Å². The first kappa shape index (κ1) is 15.8. The summed E-state index contributed by atoms with van der Waals surface area (Å²) in [7, 11) is 1.72. The second-order valence-electron chi connectivity index (χ2n) is 4.90. The van der Waals surface area contributed by atoms with Gasteiger partial charge in [0.15, 0.2) is 6.10 Å². The SMILES string of the molecule is C[C@@H](OC(=O)c1cccn1C)C(=O)NCc1ccc(F)cc1. The predicted octanol–water partition coefficient (Wildman–Crippen LogP) is 2.03. The molecule has 1 amide bonds. The van der Waals surface area contributed by atoms with Crippen LogP contribution >= 0.6 is 0 Å². The molecule has 0 fully saturated rings. The van der Waals surface area contributed by atoms with Crippen molar-refractivity contribution >= 4 is 11.9 Å². The van der Waals surface area contributed by atoms with E-state index in [-0.39, 0.29) is 12.4 Å². The Morgan fingerprint density at radius 1 is 1.27 bits per heavy atom. The van der Waals surface area contributed by atoms with Crippen LogP contribution in [0, 0.1) is 5.82 Å². The Balaban J connectivity index is 1.85. The molecule has 0 saturated carbocycles. The van der Waals surface area contributed by atoms with E-state index in [1.54, 1.807) is 42.1 Å². The maximum atomic E-state index is 12.8. The lowest BCUT2D eigenvalue weighted by molar-refractivity contribution is -0.129. The molecule has 0 aliphatic carbocycles. The lowest BCUT2D eigenvalue weighted by Gasteiger charge is -2.13. The molecule has 0 bridgehead atoms. The highest BCUT2D eigenvalue weighted by Gasteiger charge is 2.19. The number of nitrogens with zero attached hydrogens (tertiary/aromatic N) is 1. The molecule has 116 valence electrons. The van der Waals surface area contributed by atoms with Crippen molar-refractivity contribution in [2.75, 3.05) is 0 Å². The van der Waals surface area contributed by atoms with Gasteiger partial charge in [-0.25, -0.2) is 9.18 Å². The smallest absolute Gasteiger partial charge is 0.355 e. The summed E-state index contributed by atoms with van der Waals surface area (Å²) in [4.78, 5) is 23.8. The third-order valence-electron chi connectivity index (χ3n) is 3.19. The van der Waals surface area contributed by atoms with Gasteiger partial charge in [-0.15, -0.1) is 0 Å². The largest absolute Gasteiger partial charge is 0.448 e. The third-order valence-corrected chi connectivity index (χ3v) is 3.19. The molecule has 0 unspecified atom stereocenters. The minimum Gasteiger partial charge on any atom is -0.448 e. The molecule has 2 aromatic rings. The van der Waals surface area contributed by atoms with Crippen molar-refractivity contribution in [2.24, 2.45) is 7.05 Å². The van der Waals surface area contributed by atoms with Crippen LogP contribution in [0.4, 0.5) is 4.39 Å². The van der Waals surface area contributed by atoms with Crippen LogP contribution in [0.25, 0.3) is 0 Å². The van der Waals surface area contributed by atoms with Crippen molar-refractivity contribution in [1.29, 1.82) is 0 Å². The quantitative estimate of drug-likeness (QED) is 0.860. The fraction of sp³-hybridized carbons (Fsp3) is 0.250. The maximum Gasteiger partial charge on any atom is 0.355 e. The first-order chi connectivity index (χ1) is 10.5. The average Bonchev–Trinajstić information content (AvgIpc) is 2.92. The van der Waals surface area contributed by atoms with E-state index < -0.39 is 18.0 Å². The summed E-state index contributed by atoms with van der Waals surface area (Å²) in [6.45, 7) is 1.74. The van der Waals surface area contributed by atoms with E-state index >= 15 is 0 Å². The molecule has 0 saturated heterocycles. The Hall–Kier alpha value is -2.63. The molecule has 6 heteroatoms. The lowest BCUT2D eigenvalue weighted by Crippen LogP contribution is -2.35. The minimum atomic E-state index is -0.914. The predicted molar refractivity (Wildman–Crippen MR) is 78.5 cm³/mol. The molecule has 22 heavy (non-hydrogen) atoms. The number of rotatable bonds is 5. The number of halogens is 1. The van der Waals surface area contributed by atoms with Crippen LogP contribution in [0.15, 0.2) is 42.6 Å². The van der Waals surface area contributed by atoms with E-state index in [0.717, 1.165) is 5.56 Å². The number of aromatic nitrogens is 1. The van der Waals surface area contributed by atoms with Crippen molar-refractivity contribution in [2.45, 2.75) is 19.6 Å². The van der Waals surface area contributed by atoms with Crippen molar-refractivity contribution < 1.29 is 18.7 Å². The van der Waals surface area contributed by atoms with Gasteiger partial charge in [0.25, 0.3) is 5.91 Å². The van der Waals surface area contributed by atoms with E-state index in [9.17, 15) is 14.0 Å². The number of benzene rings is 1. The van der Waals surface area contributed by atoms with Crippen LogP contribution < -0.4 is 5.32 Å². The lowest BCUT2D eigenvalue weighted by atomic mass is 10.2. The highest BCUT2D eigenvalue weighted by atomic mass is 19.1. The van der Waals surface area contributed by atoms with Gasteiger partial charge in [0.05, 0.1) is 0 Å². The number of hydrogen-bond acceptors (Lipinski definition) is 3. The summed E-state index contributed by atoms with van der Waals surface area (Å²) in [6, 6.07) is 9.13. The maximum absolute atomic E-state index is 12.8. The van der Waals surface area contributed by atoms with Crippen LogP contribution in [0.2, 0.25) is 0 Å². The number of aryl methyl sites for hydroxylation is 1. The molecule has 1 N–H and O–H groups in total. The summed E-state index contributed by atoms with van der Waals surface area (Å²) < 4.78 is 19.5. The van der Waals surface area contributed by atoms with Gasteiger partial charge in [-0.2, -0.15) is 0 Å². The standard InChI is InChI=1S/C16H17FN2O3/c1-11(22-16(21)14-4-3-9-19(14)2)15(20)18-10-12-5-7-13(17)8-6-12/h3-9,11H,10H2,1-2H3,(H,18,20)/t11-/m1/s1. The van der Waals surface area contributed by atoms with Gasteiger partial charge < -0.3 is 14.6 Å². The zero-order chi connectivity index (χ0) is 16.1. The molecule has 0 aliphatic heterocycles. The van der Waals surface area contributed by atoms with Crippen LogP contribution in [0.3, 0.4) is 0 Å². The molecule has 5 nitrogen and oxygen atoms in total. The second-order valence-corrected chi connectivity index (χ2v) is 4.90. The molecule has 1 aromatic heterocycles. The van der Waals surface area contributed by atoms with Crippen LogP contribution in [-0.2, 0) is 23.1 Å². The zero-order valence-corrected chi connectivity index (χ0v) is 12.4. The normalized spacial score (nSPS) is 11.8. The molecule has 2 rings (SSSR count). The Kier molecular flexibility index (Phi) is 4.93. The monoisotopic (exact) mass is 304 g/mol. The minimum absolute atomic E-state index is 0.241. The van der Waals surface area contributed by atoms with Gasteiger partial charge in [-0.3, -0.25) is 4.79 Å². The Bertz CT molecular complexity index is 664. The first-order valence-electron chi connectivity index (χ1n) is 6.82. The van der Waals surface area contributed by atoms with Crippen LogP contribution in [0.1, 0.15) is 23.0 Å². The summed E-state index contributed by atoms with van der Waals surface area (Å²) in [6.07, 6.45) is 0.804. The highest BCUT2D eigenvalue weighted by molar-refractivity contribution is 5.90. The zero-order valence-electron chi connectivity index (χ0n) is 12.4. The molecule has 0 spiro atoms. The van der Waals surface area contributed by atoms with Crippen LogP contribution in [-0.4, -0.2) is 22.5 Å². The van der Waals surface area contributed by atoms with Crippen molar-refractivity contribution in [3.63, 3.8) is 0 Å². The number of amides is 1. The van der Waals surface area contributed by atoms with E-state index in [2.05, 4.69) is 5.32 Å². The van der Waals surface area contributed by atoms with Crippen molar-refractivity contribution in [1.82, 2.24) is 9.88 Å². The molecular weight excluding hydrogens is 287 g/mol. The van der Waals surface area contributed by atoms with E-state index in [0.29, 0.717) is 5.69 Å². The summed E-state index contributed by atoms with van der Waals surface area (Å²) in [5, 5.41) is 2.64. The van der Waals surface area contributed by atoms with Gasteiger partial charge in [0.1, 0.15) is 11.5 Å². The van der Waals surface area contributed by atoms with E-state index in [4.69, 9.17) is 4.74 Å². The number of ether oxygens (including phenoxy) is 1. The van der Waals surface area contributed by atoms with Gasteiger partial charge in [0.2, 0.25) is 0 Å². The van der Waals surface area contributed by atoms with Gasteiger partial charge in [0, 0.05) is 19.8 Å². The molecule has 1 heterocycles. The van der Waals surface area contributed by atoms with E-state index in [1.807, 2.05) is 0 Å².